The summed E-state index contributed by atoms with van der Waals surface area (Å²) >= 11 is 7.64. The van der Waals surface area contributed by atoms with Gasteiger partial charge in [0.25, 0.3) is 0 Å². The van der Waals surface area contributed by atoms with Crippen LogP contribution in [0.1, 0.15) is 44.6 Å². The number of aryl methyl sites for hydroxylation is 1. The van der Waals surface area contributed by atoms with Crippen molar-refractivity contribution in [3.05, 3.63) is 35.1 Å². The summed E-state index contributed by atoms with van der Waals surface area (Å²) in [5.41, 5.74) is 1.91. The van der Waals surface area contributed by atoms with E-state index in [4.69, 9.17) is 11.6 Å². The highest BCUT2D eigenvalue weighted by Gasteiger charge is 2.22. The summed E-state index contributed by atoms with van der Waals surface area (Å²) < 4.78 is 1.86. The molecule has 1 aromatic carbocycles. The largest absolute Gasteiger partial charge is 0.352 e. The molecule has 0 saturated heterocycles. The molecular formula is C18H23ClN4OS. The van der Waals surface area contributed by atoms with Crippen LogP contribution in [0.25, 0.3) is 5.69 Å². The Hall–Kier alpha value is -1.53. The fourth-order valence-electron chi connectivity index (χ4n) is 2.99. The van der Waals surface area contributed by atoms with Gasteiger partial charge in [-0.3, -0.25) is 9.36 Å². The van der Waals surface area contributed by atoms with Gasteiger partial charge in [0.2, 0.25) is 5.91 Å². The van der Waals surface area contributed by atoms with Crippen molar-refractivity contribution in [1.82, 2.24) is 20.1 Å². The molecule has 0 bridgehead atoms. The number of thioether (sulfide) groups is 1. The third-order valence-corrected chi connectivity index (χ3v) is 6.02. The second-order valence-electron chi connectivity index (χ2n) is 6.52. The van der Waals surface area contributed by atoms with Crippen molar-refractivity contribution in [2.24, 2.45) is 0 Å². The molecule has 7 heteroatoms. The Morgan fingerprint density at radius 1 is 1.36 bits per heavy atom. The van der Waals surface area contributed by atoms with Crippen LogP contribution in [0.15, 0.2) is 29.7 Å². The number of carbonyl (C=O) groups excluding carboxylic acids is 1. The first-order chi connectivity index (χ1) is 12.0. The van der Waals surface area contributed by atoms with Crippen molar-refractivity contribution in [1.29, 1.82) is 0 Å². The monoisotopic (exact) mass is 378 g/mol. The molecule has 0 radical (unpaired) electrons. The number of hydrogen-bond donors (Lipinski definition) is 1. The SMILES string of the molecule is Cc1ccc(-n2cnnc2S[C@@H](C)C(=O)NC2CCCCC2)cc1Cl. The van der Waals surface area contributed by atoms with E-state index in [0.717, 1.165) is 24.1 Å². The predicted octanol–water partition coefficient (Wildman–Crippen LogP) is 4.16. The molecule has 25 heavy (non-hydrogen) atoms. The van der Waals surface area contributed by atoms with Gasteiger partial charge in [-0.25, -0.2) is 0 Å². The average molecular weight is 379 g/mol. The molecule has 1 N–H and O–H groups in total. The number of amides is 1. The van der Waals surface area contributed by atoms with Gasteiger partial charge >= 0.3 is 0 Å². The maximum absolute atomic E-state index is 12.5. The van der Waals surface area contributed by atoms with Crippen LogP contribution in [0.3, 0.4) is 0 Å². The van der Waals surface area contributed by atoms with Crippen molar-refractivity contribution in [3.8, 4) is 5.69 Å². The molecule has 0 aliphatic heterocycles. The number of hydrogen-bond acceptors (Lipinski definition) is 4. The maximum atomic E-state index is 12.5. The van der Waals surface area contributed by atoms with Gasteiger partial charge < -0.3 is 5.32 Å². The Kier molecular flexibility index (Phi) is 6.02. The zero-order valence-electron chi connectivity index (χ0n) is 14.5. The highest BCUT2D eigenvalue weighted by Crippen LogP contribution is 2.27. The van der Waals surface area contributed by atoms with Crippen LogP contribution in [-0.4, -0.2) is 32.0 Å². The molecule has 1 saturated carbocycles. The maximum Gasteiger partial charge on any atom is 0.233 e. The smallest absolute Gasteiger partial charge is 0.233 e. The predicted molar refractivity (Wildman–Crippen MR) is 101 cm³/mol. The van der Waals surface area contributed by atoms with Crippen LogP contribution in [0, 0.1) is 6.92 Å². The minimum atomic E-state index is -0.231. The number of nitrogens with zero attached hydrogens (tertiary/aromatic N) is 3. The van der Waals surface area contributed by atoms with Crippen LogP contribution in [-0.2, 0) is 4.79 Å². The molecule has 1 atom stereocenters. The molecule has 0 spiro atoms. The van der Waals surface area contributed by atoms with E-state index in [1.165, 1.54) is 31.0 Å². The lowest BCUT2D eigenvalue weighted by molar-refractivity contribution is -0.121. The van der Waals surface area contributed by atoms with Gasteiger partial charge in [-0.05, 0) is 44.4 Å². The molecule has 5 nitrogen and oxygen atoms in total. The van der Waals surface area contributed by atoms with E-state index in [0.29, 0.717) is 16.2 Å². The van der Waals surface area contributed by atoms with Crippen LogP contribution in [0.5, 0.6) is 0 Å². The van der Waals surface area contributed by atoms with Crippen molar-refractivity contribution in [2.75, 3.05) is 0 Å². The topological polar surface area (TPSA) is 59.8 Å². The van der Waals surface area contributed by atoms with Crippen LogP contribution in [0.2, 0.25) is 5.02 Å². The quantitative estimate of drug-likeness (QED) is 0.793. The first-order valence-electron chi connectivity index (χ1n) is 8.68. The number of rotatable bonds is 5. The van der Waals surface area contributed by atoms with Crippen molar-refractivity contribution in [2.45, 2.75) is 62.4 Å². The molecule has 3 rings (SSSR count). The summed E-state index contributed by atoms with van der Waals surface area (Å²) in [5.74, 6) is 0.0633. The molecule has 0 unspecified atom stereocenters. The standard InChI is InChI=1S/C18H23ClN4OS/c1-12-8-9-15(10-16(12)19)23-11-20-22-18(23)25-13(2)17(24)21-14-6-4-3-5-7-14/h8-11,13-14H,3-7H2,1-2H3,(H,21,24)/t13-/m0/s1. The number of halogens is 1. The minimum absolute atomic E-state index is 0.0633. The van der Waals surface area contributed by atoms with E-state index in [2.05, 4.69) is 15.5 Å². The number of benzene rings is 1. The Balaban J connectivity index is 1.67. The molecular weight excluding hydrogens is 356 g/mol. The number of carbonyl (C=O) groups is 1. The lowest BCUT2D eigenvalue weighted by atomic mass is 9.95. The Bertz CT molecular complexity index is 742. The summed E-state index contributed by atoms with van der Waals surface area (Å²) in [6.45, 7) is 3.87. The Morgan fingerprint density at radius 2 is 2.12 bits per heavy atom. The fourth-order valence-corrected chi connectivity index (χ4v) is 4.02. The summed E-state index contributed by atoms with van der Waals surface area (Å²) in [7, 11) is 0. The zero-order chi connectivity index (χ0) is 17.8. The minimum Gasteiger partial charge on any atom is -0.352 e. The normalized spacial score (nSPS) is 16.6. The molecule has 134 valence electrons. The van der Waals surface area contributed by atoms with Gasteiger partial charge in [-0.1, -0.05) is 48.7 Å². The third-order valence-electron chi connectivity index (χ3n) is 4.55. The number of nitrogens with one attached hydrogen (secondary N) is 1. The van der Waals surface area contributed by atoms with Crippen molar-refractivity contribution in [3.63, 3.8) is 0 Å². The summed E-state index contributed by atoms with van der Waals surface area (Å²) in [6.07, 6.45) is 7.50. The highest BCUT2D eigenvalue weighted by atomic mass is 35.5. The Labute approximate surface area is 157 Å². The highest BCUT2D eigenvalue weighted by molar-refractivity contribution is 8.00. The Morgan fingerprint density at radius 3 is 2.84 bits per heavy atom. The van der Waals surface area contributed by atoms with E-state index in [1.54, 1.807) is 6.33 Å². The van der Waals surface area contributed by atoms with Gasteiger partial charge in [0, 0.05) is 11.1 Å². The fraction of sp³-hybridized carbons (Fsp3) is 0.500. The molecule has 1 heterocycles. The van der Waals surface area contributed by atoms with Crippen molar-refractivity contribution < 1.29 is 4.79 Å². The molecule has 2 aromatic rings. The second-order valence-corrected chi connectivity index (χ2v) is 8.24. The van der Waals surface area contributed by atoms with Gasteiger partial charge in [-0.2, -0.15) is 0 Å². The molecule has 1 aliphatic carbocycles. The lowest BCUT2D eigenvalue weighted by Gasteiger charge is -2.24. The van der Waals surface area contributed by atoms with E-state index >= 15 is 0 Å². The van der Waals surface area contributed by atoms with Crippen LogP contribution >= 0.6 is 23.4 Å². The number of aromatic nitrogens is 3. The molecule has 1 amide bonds. The van der Waals surface area contributed by atoms with Gasteiger partial charge in [0.15, 0.2) is 5.16 Å². The van der Waals surface area contributed by atoms with Gasteiger partial charge in [-0.15, -0.1) is 10.2 Å². The van der Waals surface area contributed by atoms with Gasteiger partial charge in [0.1, 0.15) is 6.33 Å². The van der Waals surface area contributed by atoms with Crippen molar-refractivity contribution >= 4 is 29.3 Å². The molecule has 1 aliphatic rings. The van der Waals surface area contributed by atoms with E-state index < -0.39 is 0 Å². The molecule has 1 fully saturated rings. The van der Waals surface area contributed by atoms with E-state index in [9.17, 15) is 4.79 Å². The summed E-state index contributed by atoms with van der Waals surface area (Å²) in [5, 5.41) is 12.5. The van der Waals surface area contributed by atoms with Gasteiger partial charge in [0.05, 0.1) is 10.9 Å². The first-order valence-corrected chi connectivity index (χ1v) is 9.94. The zero-order valence-corrected chi connectivity index (χ0v) is 16.1. The van der Waals surface area contributed by atoms with Crippen LogP contribution in [0.4, 0.5) is 0 Å². The average Bonchev–Trinajstić information content (AvgIpc) is 3.06. The first kappa shape index (κ1) is 18.3. The van der Waals surface area contributed by atoms with Crippen LogP contribution < -0.4 is 5.32 Å². The van der Waals surface area contributed by atoms with E-state index in [-0.39, 0.29) is 11.2 Å². The summed E-state index contributed by atoms with van der Waals surface area (Å²) in [4.78, 5) is 12.5. The molecule has 1 aromatic heterocycles. The second kappa shape index (κ2) is 8.23. The van der Waals surface area contributed by atoms with E-state index in [1.807, 2.05) is 36.6 Å². The lowest BCUT2D eigenvalue weighted by Crippen LogP contribution is -2.40. The summed E-state index contributed by atoms with van der Waals surface area (Å²) in [6, 6.07) is 6.14. The third kappa shape index (κ3) is 4.55.